The van der Waals surface area contributed by atoms with Crippen LogP contribution in [0, 0.1) is 0 Å². The Morgan fingerprint density at radius 3 is 2.50 bits per heavy atom. The van der Waals surface area contributed by atoms with Gasteiger partial charge in [-0.1, -0.05) is 65.2 Å². The van der Waals surface area contributed by atoms with Gasteiger partial charge in [-0.3, -0.25) is 4.79 Å². The van der Waals surface area contributed by atoms with E-state index >= 15 is 0 Å². The first-order chi connectivity index (χ1) is 15.3. The van der Waals surface area contributed by atoms with E-state index in [1.54, 1.807) is 13.3 Å². The lowest BCUT2D eigenvalue weighted by Crippen LogP contribution is -2.25. The lowest BCUT2D eigenvalue weighted by Gasteiger charge is -2.22. The van der Waals surface area contributed by atoms with Crippen molar-refractivity contribution in [2.45, 2.75) is 58.8 Å². The SMILES string of the molecule is CCCCCCOc1ccc(/C=N/NC(=O)COc2ccccc2C(C)(C)C)cc1OC. The first-order valence-corrected chi connectivity index (χ1v) is 11.2. The number of benzene rings is 2. The second kappa shape index (κ2) is 12.7. The van der Waals surface area contributed by atoms with E-state index in [0.717, 1.165) is 24.0 Å². The molecule has 2 aromatic carbocycles. The molecule has 0 bridgehead atoms. The van der Waals surface area contributed by atoms with E-state index in [2.05, 4.69) is 38.2 Å². The van der Waals surface area contributed by atoms with Gasteiger partial charge in [-0.25, -0.2) is 5.43 Å². The Kier molecular flexibility index (Phi) is 10.1. The second-order valence-electron chi connectivity index (χ2n) is 8.65. The van der Waals surface area contributed by atoms with Gasteiger partial charge in [0.05, 0.1) is 19.9 Å². The van der Waals surface area contributed by atoms with Crippen molar-refractivity contribution in [2.24, 2.45) is 5.10 Å². The second-order valence-corrected chi connectivity index (χ2v) is 8.65. The average molecular weight is 441 g/mol. The van der Waals surface area contributed by atoms with Crippen molar-refractivity contribution >= 4 is 12.1 Å². The number of hydrogen-bond donors (Lipinski definition) is 1. The zero-order valence-corrected chi connectivity index (χ0v) is 19.9. The lowest BCUT2D eigenvalue weighted by atomic mass is 9.86. The zero-order chi connectivity index (χ0) is 23.4. The number of carbonyl (C=O) groups is 1. The van der Waals surface area contributed by atoms with Gasteiger partial charge in [-0.2, -0.15) is 5.10 Å². The smallest absolute Gasteiger partial charge is 0.277 e. The molecule has 1 amide bonds. The first kappa shape index (κ1) is 25.2. The Balaban J connectivity index is 1.86. The van der Waals surface area contributed by atoms with Crippen LogP contribution in [0.5, 0.6) is 17.2 Å². The molecule has 0 fully saturated rings. The van der Waals surface area contributed by atoms with Gasteiger partial charge in [0, 0.05) is 0 Å². The lowest BCUT2D eigenvalue weighted by molar-refractivity contribution is -0.123. The molecule has 0 aliphatic rings. The predicted octanol–water partition coefficient (Wildman–Crippen LogP) is 5.48. The number of hydrazone groups is 1. The molecule has 0 aliphatic carbocycles. The number of rotatable bonds is 12. The molecular formula is C26H36N2O4. The molecule has 0 radical (unpaired) electrons. The molecule has 0 saturated carbocycles. The number of carbonyl (C=O) groups excluding carboxylic acids is 1. The number of unbranched alkanes of at least 4 members (excludes halogenated alkanes) is 3. The Bertz CT molecular complexity index is 888. The van der Waals surface area contributed by atoms with Crippen molar-refractivity contribution in [2.75, 3.05) is 20.3 Å². The zero-order valence-electron chi connectivity index (χ0n) is 19.9. The van der Waals surface area contributed by atoms with E-state index in [-0.39, 0.29) is 17.9 Å². The summed E-state index contributed by atoms with van der Waals surface area (Å²) in [6.07, 6.45) is 6.16. The van der Waals surface area contributed by atoms with Gasteiger partial charge in [0.1, 0.15) is 5.75 Å². The van der Waals surface area contributed by atoms with Crippen LogP contribution < -0.4 is 19.6 Å². The van der Waals surface area contributed by atoms with Gasteiger partial charge in [-0.15, -0.1) is 0 Å². The quantitative estimate of drug-likeness (QED) is 0.269. The van der Waals surface area contributed by atoms with Crippen molar-refractivity contribution in [1.82, 2.24) is 5.43 Å². The summed E-state index contributed by atoms with van der Waals surface area (Å²) >= 11 is 0. The topological polar surface area (TPSA) is 69.2 Å². The van der Waals surface area contributed by atoms with Gasteiger partial charge in [0.15, 0.2) is 18.1 Å². The molecule has 6 nitrogen and oxygen atoms in total. The molecule has 32 heavy (non-hydrogen) atoms. The van der Waals surface area contributed by atoms with E-state index in [4.69, 9.17) is 14.2 Å². The molecule has 0 spiro atoms. The molecule has 0 aliphatic heterocycles. The van der Waals surface area contributed by atoms with Crippen LogP contribution >= 0.6 is 0 Å². The Morgan fingerprint density at radius 2 is 1.78 bits per heavy atom. The molecule has 0 atom stereocenters. The maximum atomic E-state index is 12.1. The standard InChI is InChI=1S/C26H36N2O4/c1-6-7-8-11-16-31-23-15-14-20(17-24(23)30-5)18-27-28-25(29)19-32-22-13-10-9-12-21(22)26(2,3)4/h9-10,12-15,17-18H,6-8,11,16,19H2,1-5H3,(H,28,29)/b27-18+. The maximum absolute atomic E-state index is 12.1. The minimum atomic E-state index is -0.330. The summed E-state index contributed by atoms with van der Waals surface area (Å²) in [5, 5.41) is 4.03. The van der Waals surface area contributed by atoms with E-state index in [9.17, 15) is 4.79 Å². The number of methoxy groups -OCH3 is 1. The normalized spacial score (nSPS) is 11.4. The van der Waals surface area contributed by atoms with Crippen molar-refractivity contribution in [3.63, 3.8) is 0 Å². The summed E-state index contributed by atoms with van der Waals surface area (Å²) in [7, 11) is 1.61. The van der Waals surface area contributed by atoms with E-state index in [1.165, 1.54) is 12.8 Å². The molecular weight excluding hydrogens is 404 g/mol. The minimum absolute atomic E-state index is 0.0737. The fraction of sp³-hybridized carbons (Fsp3) is 0.462. The van der Waals surface area contributed by atoms with Crippen LogP contribution in [-0.2, 0) is 10.2 Å². The van der Waals surface area contributed by atoms with Crippen LogP contribution in [0.1, 0.15) is 64.5 Å². The third-order valence-electron chi connectivity index (χ3n) is 4.90. The van der Waals surface area contributed by atoms with Crippen LogP contribution in [0.25, 0.3) is 0 Å². The Labute approximate surface area is 192 Å². The highest BCUT2D eigenvalue weighted by Crippen LogP contribution is 2.31. The van der Waals surface area contributed by atoms with Gasteiger partial charge in [0.25, 0.3) is 5.91 Å². The summed E-state index contributed by atoms with van der Waals surface area (Å²) in [5.74, 6) is 1.71. The highest BCUT2D eigenvalue weighted by atomic mass is 16.5. The summed E-state index contributed by atoms with van der Waals surface area (Å²) in [6, 6.07) is 13.3. The van der Waals surface area contributed by atoms with E-state index in [0.29, 0.717) is 23.9 Å². The molecule has 174 valence electrons. The predicted molar refractivity (Wildman–Crippen MR) is 129 cm³/mol. The highest BCUT2D eigenvalue weighted by Gasteiger charge is 2.18. The van der Waals surface area contributed by atoms with E-state index in [1.807, 2.05) is 42.5 Å². The third kappa shape index (κ3) is 8.25. The van der Waals surface area contributed by atoms with Crippen molar-refractivity contribution in [3.05, 3.63) is 53.6 Å². The van der Waals surface area contributed by atoms with Crippen molar-refractivity contribution in [1.29, 1.82) is 0 Å². The van der Waals surface area contributed by atoms with Crippen molar-refractivity contribution in [3.8, 4) is 17.2 Å². The van der Waals surface area contributed by atoms with Crippen LogP contribution in [0.4, 0.5) is 0 Å². The van der Waals surface area contributed by atoms with Crippen LogP contribution in [-0.4, -0.2) is 32.4 Å². The summed E-state index contributed by atoms with van der Waals surface area (Å²) < 4.78 is 17.0. The average Bonchev–Trinajstić information content (AvgIpc) is 2.77. The molecule has 0 heterocycles. The van der Waals surface area contributed by atoms with Crippen LogP contribution in [0.3, 0.4) is 0 Å². The number of ether oxygens (including phenoxy) is 3. The monoisotopic (exact) mass is 440 g/mol. The van der Waals surface area contributed by atoms with E-state index < -0.39 is 0 Å². The highest BCUT2D eigenvalue weighted by molar-refractivity contribution is 5.83. The number of nitrogens with zero attached hydrogens (tertiary/aromatic N) is 1. The molecule has 0 saturated heterocycles. The summed E-state index contributed by atoms with van der Waals surface area (Å²) in [5.41, 5.74) is 4.27. The van der Waals surface area contributed by atoms with Crippen LogP contribution in [0.2, 0.25) is 0 Å². The van der Waals surface area contributed by atoms with Gasteiger partial charge < -0.3 is 14.2 Å². The Hall–Kier alpha value is -3.02. The molecule has 1 N–H and O–H groups in total. The van der Waals surface area contributed by atoms with Gasteiger partial charge >= 0.3 is 0 Å². The number of hydrogen-bond acceptors (Lipinski definition) is 5. The molecule has 2 aromatic rings. The third-order valence-corrected chi connectivity index (χ3v) is 4.90. The first-order valence-electron chi connectivity index (χ1n) is 11.2. The number of para-hydroxylation sites is 1. The summed E-state index contributed by atoms with van der Waals surface area (Å²) in [6.45, 7) is 9.06. The minimum Gasteiger partial charge on any atom is -0.493 e. The van der Waals surface area contributed by atoms with Crippen LogP contribution in [0.15, 0.2) is 47.6 Å². The largest absolute Gasteiger partial charge is 0.493 e. The fourth-order valence-electron chi connectivity index (χ4n) is 3.16. The van der Waals surface area contributed by atoms with Crippen molar-refractivity contribution < 1.29 is 19.0 Å². The maximum Gasteiger partial charge on any atom is 0.277 e. The number of amides is 1. The molecule has 6 heteroatoms. The molecule has 2 rings (SSSR count). The molecule has 0 unspecified atom stereocenters. The fourth-order valence-corrected chi connectivity index (χ4v) is 3.16. The Morgan fingerprint density at radius 1 is 1.00 bits per heavy atom. The van der Waals surface area contributed by atoms with Gasteiger partial charge in [0.2, 0.25) is 0 Å². The van der Waals surface area contributed by atoms with Gasteiger partial charge in [-0.05, 0) is 47.2 Å². The molecule has 0 aromatic heterocycles. The number of nitrogens with one attached hydrogen (secondary N) is 1. The summed E-state index contributed by atoms with van der Waals surface area (Å²) in [4.78, 5) is 12.1.